The van der Waals surface area contributed by atoms with Crippen molar-refractivity contribution in [3.63, 3.8) is 0 Å². The van der Waals surface area contributed by atoms with Gasteiger partial charge >= 0.3 is 5.97 Å². The molecule has 1 N–H and O–H groups in total. The van der Waals surface area contributed by atoms with E-state index >= 15 is 0 Å². The van der Waals surface area contributed by atoms with Crippen LogP contribution in [0.3, 0.4) is 0 Å². The Kier molecular flexibility index (Phi) is 6.24. The van der Waals surface area contributed by atoms with Crippen LogP contribution in [0.2, 0.25) is 13.1 Å². The highest BCUT2D eigenvalue weighted by Gasteiger charge is 2.47. The summed E-state index contributed by atoms with van der Waals surface area (Å²) in [5.41, 5.74) is 2.75. The van der Waals surface area contributed by atoms with Crippen molar-refractivity contribution < 1.29 is 14.3 Å². The zero-order valence-corrected chi connectivity index (χ0v) is 19.1. The largest absolute Gasteiger partial charge is 0.478 e. The van der Waals surface area contributed by atoms with E-state index in [0.29, 0.717) is 5.56 Å². The van der Waals surface area contributed by atoms with Crippen molar-refractivity contribution in [3.05, 3.63) is 89.7 Å². The molecule has 5 heteroatoms. The van der Waals surface area contributed by atoms with Gasteiger partial charge in [0.15, 0.2) is 0 Å². The van der Waals surface area contributed by atoms with Crippen LogP contribution in [0.5, 0.6) is 0 Å². The second-order valence-corrected chi connectivity index (χ2v) is 10.6. The Morgan fingerprint density at radius 2 is 1.57 bits per heavy atom. The Morgan fingerprint density at radius 1 is 0.933 bits per heavy atom. The molecule has 1 aromatic heterocycles. The maximum absolute atomic E-state index is 12.0. The molecule has 0 spiro atoms. The molecule has 3 rings (SSSR count). The van der Waals surface area contributed by atoms with Crippen LogP contribution in [0, 0.1) is 5.41 Å². The minimum absolute atomic E-state index is 0.279. The number of hydrogen-bond donors (Lipinski definition) is 1. The van der Waals surface area contributed by atoms with Crippen molar-refractivity contribution in [3.8, 4) is 11.1 Å². The van der Waals surface area contributed by atoms with Crippen molar-refractivity contribution in [1.29, 1.82) is 0 Å². The van der Waals surface area contributed by atoms with Crippen molar-refractivity contribution in [1.82, 2.24) is 4.98 Å². The Hall–Kier alpha value is -2.76. The summed E-state index contributed by atoms with van der Waals surface area (Å²) in [6, 6.07) is 19.2. The van der Waals surface area contributed by atoms with Crippen LogP contribution >= 0.6 is 0 Å². The highest BCUT2D eigenvalue weighted by Crippen LogP contribution is 2.49. The monoisotopic (exact) mass is 418 g/mol. The number of aromatic nitrogens is 1. The predicted molar refractivity (Wildman–Crippen MR) is 122 cm³/mol. The van der Waals surface area contributed by atoms with Crippen molar-refractivity contribution in [2.45, 2.75) is 39.5 Å². The van der Waals surface area contributed by atoms with Gasteiger partial charge in [0.2, 0.25) is 9.04 Å². The molecule has 1 atom stereocenters. The number of benzene rings is 2. The first-order chi connectivity index (χ1) is 14.2. The van der Waals surface area contributed by atoms with E-state index in [1.165, 1.54) is 0 Å². The van der Waals surface area contributed by atoms with Crippen LogP contribution < -0.4 is 0 Å². The molecule has 0 aliphatic heterocycles. The van der Waals surface area contributed by atoms with Gasteiger partial charge in [0.25, 0.3) is 0 Å². The van der Waals surface area contributed by atoms with Gasteiger partial charge in [-0.05, 0) is 65.0 Å². The standard InChI is InChI=1S/C25H28NO3Si/c1-24(2,3)25(29-30(4)5,19-13-15-26-16-14-19)20-11-12-21(23(27)28)22(17-20)18-9-7-6-8-10-18/h6-17H,1-5H3,(H,27,28). The third kappa shape index (κ3) is 4.09. The van der Waals surface area contributed by atoms with Crippen LogP contribution in [0.4, 0.5) is 0 Å². The topological polar surface area (TPSA) is 59.4 Å². The quantitative estimate of drug-likeness (QED) is 0.499. The molecule has 0 saturated carbocycles. The Morgan fingerprint density at radius 3 is 2.10 bits per heavy atom. The molecule has 4 nitrogen and oxygen atoms in total. The highest BCUT2D eigenvalue weighted by atomic mass is 28.3. The van der Waals surface area contributed by atoms with Gasteiger partial charge in [0, 0.05) is 12.4 Å². The van der Waals surface area contributed by atoms with E-state index in [-0.39, 0.29) is 11.0 Å². The molecule has 3 aromatic rings. The molecule has 0 bridgehead atoms. The van der Waals surface area contributed by atoms with Gasteiger partial charge in [0.05, 0.1) is 5.56 Å². The molecule has 2 aromatic carbocycles. The van der Waals surface area contributed by atoms with Gasteiger partial charge in [-0.15, -0.1) is 0 Å². The molecule has 155 valence electrons. The fraction of sp³-hybridized carbons (Fsp3) is 0.280. The summed E-state index contributed by atoms with van der Waals surface area (Å²) in [5.74, 6) is -0.942. The normalized spacial score (nSPS) is 13.8. The summed E-state index contributed by atoms with van der Waals surface area (Å²) in [6.07, 6.45) is 3.56. The second kappa shape index (κ2) is 8.54. The van der Waals surface area contributed by atoms with E-state index in [2.05, 4.69) is 38.8 Å². The maximum Gasteiger partial charge on any atom is 0.336 e. The smallest absolute Gasteiger partial charge is 0.336 e. The zero-order valence-electron chi connectivity index (χ0n) is 18.1. The van der Waals surface area contributed by atoms with Gasteiger partial charge < -0.3 is 9.53 Å². The number of carboxylic acid groups (broad SMARTS) is 1. The lowest BCUT2D eigenvalue weighted by atomic mass is 9.68. The zero-order chi connectivity index (χ0) is 21.9. The fourth-order valence-electron chi connectivity index (χ4n) is 4.00. The lowest BCUT2D eigenvalue weighted by Crippen LogP contribution is -2.46. The maximum atomic E-state index is 12.0. The van der Waals surface area contributed by atoms with E-state index in [4.69, 9.17) is 4.43 Å². The molecule has 0 aliphatic carbocycles. The van der Waals surface area contributed by atoms with Crippen molar-refractivity contribution in [2.75, 3.05) is 0 Å². The van der Waals surface area contributed by atoms with Crippen LogP contribution in [-0.2, 0) is 10.0 Å². The number of carbonyl (C=O) groups is 1. The molecule has 0 fully saturated rings. The first-order valence-corrected chi connectivity index (χ1v) is 12.4. The third-order valence-corrected chi connectivity index (χ3v) is 5.96. The first-order valence-electron chi connectivity index (χ1n) is 10.00. The van der Waals surface area contributed by atoms with Gasteiger partial charge in [-0.1, -0.05) is 57.2 Å². The van der Waals surface area contributed by atoms with E-state index < -0.39 is 20.6 Å². The molecule has 0 saturated heterocycles. The average molecular weight is 419 g/mol. The third-order valence-electron chi connectivity index (χ3n) is 5.24. The van der Waals surface area contributed by atoms with E-state index in [1.54, 1.807) is 18.5 Å². The molecule has 1 heterocycles. The lowest BCUT2D eigenvalue weighted by molar-refractivity contribution is -0.00238. The molecular formula is C25H28NO3Si. The summed E-state index contributed by atoms with van der Waals surface area (Å²) < 4.78 is 6.79. The summed E-state index contributed by atoms with van der Waals surface area (Å²) in [5, 5.41) is 9.81. The SMILES string of the molecule is C[Si](C)OC(c1ccncc1)(c1ccc(C(=O)O)c(-c2ccccc2)c1)C(C)(C)C. The molecule has 0 amide bonds. The summed E-state index contributed by atoms with van der Waals surface area (Å²) in [6.45, 7) is 10.7. The average Bonchev–Trinajstić information content (AvgIpc) is 2.71. The van der Waals surface area contributed by atoms with E-state index in [1.807, 2.05) is 54.6 Å². The molecule has 30 heavy (non-hydrogen) atoms. The number of pyridine rings is 1. The summed E-state index contributed by atoms with van der Waals surface area (Å²) in [7, 11) is -1.11. The summed E-state index contributed by atoms with van der Waals surface area (Å²) >= 11 is 0. The lowest BCUT2D eigenvalue weighted by Gasteiger charge is -2.47. The van der Waals surface area contributed by atoms with Gasteiger partial charge in [-0.25, -0.2) is 4.79 Å². The molecule has 1 radical (unpaired) electrons. The van der Waals surface area contributed by atoms with Crippen LogP contribution in [0.15, 0.2) is 73.1 Å². The molecular weight excluding hydrogens is 390 g/mol. The molecule has 0 aliphatic rings. The predicted octanol–water partition coefficient (Wildman–Crippen LogP) is 6.00. The second-order valence-electron chi connectivity index (χ2n) is 8.61. The minimum atomic E-state index is -1.11. The van der Waals surface area contributed by atoms with Gasteiger partial charge in [0.1, 0.15) is 5.60 Å². The van der Waals surface area contributed by atoms with Crippen molar-refractivity contribution in [2.24, 2.45) is 5.41 Å². The number of nitrogens with zero attached hydrogens (tertiary/aromatic N) is 1. The molecule has 1 unspecified atom stereocenters. The van der Waals surface area contributed by atoms with E-state index in [0.717, 1.165) is 16.7 Å². The van der Waals surface area contributed by atoms with Crippen LogP contribution in [0.1, 0.15) is 42.3 Å². The Balaban J connectivity index is 2.36. The number of carboxylic acids is 1. The number of hydrogen-bond acceptors (Lipinski definition) is 3. The van der Waals surface area contributed by atoms with Crippen molar-refractivity contribution >= 4 is 15.0 Å². The minimum Gasteiger partial charge on any atom is -0.478 e. The highest BCUT2D eigenvalue weighted by molar-refractivity contribution is 6.48. The van der Waals surface area contributed by atoms with Crippen LogP contribution in [-0.4, -0.2) is 25.1 Å². The van der Waals surface area contributed by atoms with Gasteiger partial charge in [-0.3, -0.25) is 4.98 Å². The Labute approximate surface area is 180 Å². The number of aromatic carboxylic acids is 1. The first kappa shape index (κ1) is 21.9. The van der Waals surface area contributed by atoms with Crippen LogP contribution in [0.25, 0.3) is 11.1 Å². The number of rotatable bonds is 6. The summed E-state index contributed by atoms with van der Waals surface area (Å²) in [4.78, 5) is 16.2. The fourth-order valence-corrected chi connectivity index (χ4v) is 5.16. The Bertz CT molecular complexity index is 1010. The van der Waals surface area contributed by atoms with Gasteiger partial charge in [-0.2, -0.15) is 0 Å². The van der Waals surface area contributed by atoms with E-state index in [9.17, 15) is 9.90 Å².